The van der Waals surface area contributed by atoms with Crippen molar-refractivity contribution in [2.45, 2.75) is 45.4 Å². The van der Waals surface area contributed by atoms with Crippen molar-refractivity contribution in [1.29, 1.82) is 0 Å². The first-order valence-corrected chi connectivity index (χ1v) is 7.02. The van der Waals surface area contributed by atoms with Crippen LogP contribution in [0.15, 0.2) is 18.2 Å². The number of unbranched alkanes of at least 4 members (excludes halogenated alkanes) is 5. The van der Waals surface area contributed by atoms with Crippen LogP contribution in [0.2, 0.25) is 0 Å². The molecule has 0 saturated carbocycles. The van der Waals surface area contributed by atoms with Gasteiger partial charge in [-0.25, -0.2) is 0 Å². The van der Waals surface area contributed by atoms with Gasteiger partial charge < -0.3 is 14.2 Å². The summed E-state index contributed by atoms with van der Waals surface area (Å²) in [5.41, 5.74) is 0. The third-order valence-corrected chi connectivity index (χ3v) is 3.00. The van der Waals surface area contributed by atoms with E-state index in [1.165, 1.54) is 32.1 Å². The predicted octanol–water partition coefficient (Wildman–Crippen LogP) is 4.60. The van der Waals surface area contributed by atoms with Crippen LogP contribution in [0.1, 0.15) is 45.4 Å². The molecule has 0 bridgehead atoms. The van der Waals surface area contributed by atoms with Crippen molar-refractivity contribution in [3.63, 3.8) is 0 Å². The van der Waals surface area contributed by atoms with Gasteiger partial charge in [-0.2, -0.15) is 0 Å². The van der Waals surface area contributed by atoms with Crippen molar-refractivity contribution in [1.82, 2.24) is 0 Å². The summed E-state index contributed by atoms with van der Waals surface area (Å²) in [5, 5.41) is 0. The molecule has 0 N–H and O–H groups in total. The minimum atomic E-state index is 0.646. The molecule has 1 aromatic carbocycles. The lowest BCUT2D eigenvalue weighted by atomic mass is 10.1. The standard InChI is InChI=1S/C16H25O3/c1-4-5-6-7-8-9-13-19-15-12-10-11-14(17-2)16(15)18-3/h10-13H,4-9H2,1-3H3. The van der Waals surface area contributed by atoms with Gasteiger partial charge in [0.15, 0.2) is 11.5 Å². The van der Waals surface area contributed by atoms with Crippen molar-refractivity contribution in [3.05, 3.63) is 24.8 Å². The summed E-state index contributed by atoms with van der Waals surface area (Å²) in [6.45, 7) is 4.08. The van der Waals surface area contributed by atoms with E-state index in [1.807, 2.05) is 24.8 Å². The molecule has 0 aliphatic carbocycles. The number of para-hydroxylation sites is 1. The monoisotopic (exact) mass is 265 g/mol. The Balaban J connectivity index is 2.33. The zero-order valence-electron chi connectivity index (χ0n) is 12.3. The molecular formula is C16H25O3. The van der Waals surface area contributed by atoms with Gasteiger partial charge in [-0.1, -0.05) is 38.7 Å². The van der Waals surface area contributed by atoms with Crippen LogP contribution in [0.4, 0.5) is 0 Å². The lowest BCUT2D eigenvalue weighted by Crippen LogP contribution is -1.96. The lowest BCUT2D eigenvalue weighted by Gasteiger charge is -2.12. The molecule has 0 aliphatic rings. The second-order valence-corrected chi connectivity index (χ2v) is 4.48. The largest absolute Gasteiger partial charge is 0.493 e. The van der Waals surface area contributed by atoms with Gasteiger partial charge in [0.1, 0.15) is 6.61 Å². The van der Waals surface area contributed by atoms with E-state index >= 15 is 0 Å². The van der Waals surface area contributed by atoms with Gasteiger partial charge in [0, 0.05) is 0 Å². The van der Waals surface area contributed by atoms with Crippen molar-refractivity contribution in [2.24, 2.45) is 0 Å². The third-order valence-electron chi connectivity index (χ3n) is 3.00. The number of hydrogen-bond donors (Lipinski definition) is 0. The Hall–Kier alpha value is -1.38. The Morgan fingerprint density at radius 2 is 1.68 bits per heavy atom. The first kappa shape index (κ1) is 15.7. The minimum absolute atomic E-state index is 0.646. The van der Waals surface area contributed by atoms with Crippen molar-refractivity contribution < 1.29 is 14.2 Å². The molecule has 0 heterocycles. The molecular weight excluding hydrogens is 240 g/mol. The first-order chi connectivity index (χ1) is 9.33. The van der Waals surface area contributed by atoms with Gasteiger partial charge in [-0.15, -0.1) is 0 Å². The van der Waals surface area contributed by atoms with E-state index in [-0.39, 0.29) is 0 Å². The van der Waals surface area contributed by atoms with Gasteiger partial charge in [-0.05, 0) is 25.0 Å². The Morgan fingerprint density at radius 1 is 0.947 bits per heavy atom. The number of rotatable bonds is 10. The fraction of sp³-hybridized carbons (Fsp3) is 0.562. The Kier molecular flexibility index (Phi) is 7.87. The normalized spacial score (nSPS) is 10.3. The molecule has 0 fully saturated rings. The number of methoxy groups -OCH3 is 2. The van der Waals surface area contributed by atoms with Gasteiger partial charge in [0.2, 0.25) is 5.75 Å². The molecule has 1 rings (SSSR count). The highest BCUT2D eigenvalue weighted by atomic mass is 16.5. The molecule has 0 saturated heterocycles. The molecule has 19 heavy (non-hydrogen) atoms. The Morgan fingerprint density at radius 3 is 2.37 bits per heavy atom. The average molecular weight is 265 g/mol. The van der Waals surface area contributed by atoms with Crippen LogP contribution in [-0.4, -0.2) is 14.2 Å². The topological polar surface area (TPSA) is 27.7 Å². The zero-order chi connectivity index (χ0) is 13.9. The molecule has 0 spiro atoms. The summed E-state index contributed by atoms with van der Waals surface area (Å²) in [5.74, 6) is 2.04. The summed E-state index contributed by atoms with van der Waals surface area (Å²) in [6, 6.07) is 5.64. The van der Waals surface area contributed by atoms with Gasteiger partial charge >= 0.3 is 0 Å². The zero-order valence-corrected chi connectivity index (χ0v) is 12.3. The lowest BCUT2D eigenvalue weighted by molar-refractivity contribution is 0.318. The van der Waals surface area contributed by atoms with E-state index in [4.69, 9.17) is 14.2 Å². The fourth-order valence-corrected chi connectivity index (χ4v) is 1.93. The van der Waals surface area contributed by atoms with Gasteiger partial charge in [0.05, 0.1) is 14.2 Å². The van der Waals surface area contributed by atoms with E-state index in [1.54, 1.807) is 14.2 Å². The Labute approximate surface area is 116 Å². The highest BCUT2D eigenvalue weighted by molar-refractivity contribution is 5.51. The predicted molar refractivity (Wildman–Crippen MR) is 77.9 cm³/mol. The highest BCUT2D eigenvalue weighted by Crippen LogP contribution is 2.37. The highest BCUT2D eigenvalue weighted by Gasteiger charge is 2.10. The fourth-order valence-electron chi connectivity index (χ4n) is 1.93. The molecule has 0 aromatic heterocycles. The second-order valence-electron chi connectivity index (χ2n) is 4.48. The minimum Gasteiger partial charge on any atom is -0.493 e. The molecule has 107 valence electrons. The van der Waals surface area contributed by atoms with Gasteiger partial charge in [-0.3, -0.25) is 0 Å². The van der Waals surface area contributed by atoms with Crippen LogP contribution in [0.5, 0.6) is 17.2 Å². The van der Waals surface area contributed by atoms with E-state index in [2.05, 4.69) is 6.92 Å². The molecule has 3 nitrogen and oxygen atoms in total. The first-order valence-electron chi connectivity index (χ1n) is 7.02. The maximum absolute atomic E-state index is 5.65. The summed E-state index contributed by atoms with van der Waals surface area (Å²) in [6.07, 6.45) is 7.32. The molecule has 1 aromatic rings. The van der Waals surface area contributed by atoms with Crippen LogP contribution >= 0.6 is 0 Å². The summed E-state index contributed by atoms with van der Waals surface area (Å²) >= 11 is 0. The molecule has 1 radical (unpaired) electrons. The van der Waals surface area contributed by atoms with E-state index in [0.717, 1.165) is 6.42 Å². The molecule has 0 aliphatic heterocycles. The van der Waals surface area contributed by atoms with E-state index < -0.39 is 0 Å². The average Bonchev–Trinajstić information content (AvgIpc) is 2.45. The quantitative estimate of drug-likeness (QED) is 0.578. The second kappa shape index (κ2) is 9.54. The summed E-state index contributed by atoms with van der Waals surface area (Å²) in [7, 11) is 3.24. The van der Waals surface area contributed by atoms with Crippen LogP contribution in [0, 0.1) is 6.61 Å². The summed E-state index contributed by atoms with van der Waals surface area (Å²) < 4.78 is 16.2. The number of hydrogen-bond acceptors (Lipinski definition) is 3. The maximum Gasteiger partial charge on any atom is 0.203 e. The smallest absolute Gasteiger partial charge is 0.203 e. The molecule has 0 atom stereocenters. The van der Waals surface area contributed by atoms with Gasteiger partial charge in [0.25, 0.3) is 0 Å². The molecule has 0 amide bonds. The third kappa shape index (κ3) is 5.41. The Bertz CT molecular complexity index is 350. The van der Waals surface area contributed by atoms with Crippen molar-refractivity contribution >= 4 is 0 Å². The molecule has 0 unspecified atom stereocenters. The van der Waals surface area contributed by atoms with E-state index in [0.29, 0.717) is 17.2 Å². The van der Waals surface area contributed by atoms with Crippen molar-refractivity contribution in [3.8, 4) is 17.2 Å². The molecule has 3 heteroatoms. The summed E-state index contributed by atoms with van der Waals surface area (Å²) in [4.78, 5) is 0. The van der Waals surface area contributed by atoms with E-state index in [9.17, 15) is 0 Å². The van der Waals surface area contributed by atoms with Crippen LogP contribution in [-0.2, 0) is 0 Å². The van der Waals surface area contributed by atoms with Crippen LogP contribution in [0.25, 0.3) is 0 Å². The van der Waals surface area contributed by atoms with Crippen molar-refractivity contribution in [2.75, 3.05) is 14.2 Å². The van der Waals surface area contributed by atoms with Crippen LogP contribution in [0.3, 0.4) is 0 Å². The number of ether oxygens (including phenoxy) is 3. The SMILES string of the molecule is CCCCCCC[CH]Oc1cccc(OC)c1OC. The number of benzene rings is 1. The van der Waals surface area contributed by atoms with Crippen LogP contribution < -0.4 is 14.2 Å². The maximum atomic E-state index is 5.65.